The van der Waals surface area contributed by atoms with Crippen LogP contribution >= 0.6 is 23.1 Å². The number of nitrogens with zero attached hydrogens (tertiary/aromatic N) is 2. The Kier molecular flexibility index (Phi) is 4.63. The van der Waals surface area contributed by atoms with Gasteiger partial charge in [0, 0.05) is 5.75 Å². The van der Waals surface area contributed by atoms with Crippen LogP contribution < -0.4 is 0 Å². The minimum atomic E-state index is -3.92. The molecule has 2 unspecified atom stereocenters. The van der Waals surface area contributed by atoms with Crippen LogP contribution in [0.15, 0.2) is 16.3 Å². The zero-order chi connectivity index (χ0) is 15.8. The van der Waals surface area contributed by atoms with Crippen LogP contribution in [0.5, 0.6) is 0 Å². The molecule has 0 bridgehead atoms. The van der Waals surface area contributed by atoms with Gasteiger partial charge in [0.05, 0.1) is 5.37 Å². The molecule has 114 valence electrons. The molecule has 6 nitrogen and oxygen atoms in total. The molecule has 1 aliphatic heterocycles. The van der Waals surface area contributed by atoms with Gasteiger partial charge >= 0.3 is 5.97 Å². The normalized spacial score (nSPS) is 23.3. The summed E-state index contributed by atoms with van der Waals surface area (Å²) in [7, 11) is -3.92. The maximum atomic E-state index is 12.7. The fourth-order valence-corrected chi connectivity index (χ4v) is 7.03. The van der Waals surface area contributed by atoms with E-state index in [1.807, 2.05) is 19.9 Å². The summed E-state index contributed by atoms with van der Waals surface area (Å²) in [5, 5.41) is 17.7. The van der Waals surface area contributed by atoms with Crippen LogP contribution in [-0.4, -0.2) is 41.0 Å². The van der Waals surface area contributed by atoms with Crippen molar-refractivity contribution >= 4 is 39.1 Å². The predicted octanol–water partition coefficient (Wildman–Crippen LogP) is 1.79. The van der Waals surface area contributed by atoms with Crippen molar-refractivity contribution in [1.29, 1.82) is 5.26 Å². The molecular weight excluding hydrogens is 332 g/mol. The van der Waals surface area contributed by atoms with Crippen molar-refractivity contribution in [2.45, 2.75) is 29.5 Å². The van der Waals surface area contributed by atoms with Gasteiger partial charge in [0.25, 0.3) is 10.0 Å². The van der Waals surface area contributed by atoms with E-state index in [4.69, 9.17) is 5.26 Å². The molecule has 0 saturated carbocycles. The fourth-order valence-electron chi connectivity index (χ4n) is 2.11. The highest BCUT2D eigenvalue weighted by Gasteiger charge is 2.47. The summed E-state index contributed by atoms with van der Waals surface area (Å²) in [6.45, 7) is 3.72. The summed E-state index contributed by atoms with van der Waals surface area (Å²) in [5.74, 6) is -0.927. The highest BCUT2D eigenvalue weighted by atomic mass is 32.2. The molecule has 9 heteroatoms. The molecule has 1 aromatic heterocycles. The SMILES string of the molecule is CC(C)C1SCC(C(=O)O)N1S(=O)(=O)c1ccc(C#N)s1. The van der Waals surface area contributed by atoms with E-state index >= 15 is 0 Å². The van der Waals surface area contributed by atoms with E-state index in [9.17, 15) is 18.3 Å². The third-order valence-corrected chi connectivity index (χ3v) is 8.16. The van der Waals surface area contributed by atoms with Crippen LogP contribution in [0.2, 0.25) is 0 Å². The number of hydrogen-bond acceptors (Lipinski definition) is 6. The van der Waals surface area contributed by atoms with E-state index in [2.05, 4.69) is 0 Å². The molecule has 2 heterocycles. The Morgan fingerprint density at radius 3 is 2.67 bits per heavy atom. The van der Waals surface area contributed by atoms with Crippen molar-refractivity contribution < 1.29 is 18.3 Å². The Morgan fingerprint density at radius 2 is 2.19 bits per heavy atom. The van der Waals surface area contributed by atoms with Gasteiger partial charge in [0.1, 0.15) is 21.2 Å². The first-order valence-corrected chi connectivity index (χ1v) is 9.47. The maximum absolute atomic E-state index is 12.7. The first-order valence-electron chi connectivity index (χ1n) is 6.17. The Balaban J connectivity index is 2.47. The molecule has 0 radical (unpaired) electrons. The highest BCUT2D eigenvalue weighted by molar-refractivity contribution is 8.01. The van der Waals surface area contributed by atoms with Gasteiger partial charge in [-0.15, -0.1) is 23.1 Å². The summed E-state index contributed by atoms with van der Waals surface area (Å²) in [6.07, 6.45) is 0. The van der Waals surface area contributed by atoms with E-state index in [-0.39, 0.29) is 20.8 Å². The number of hydrogen-bond donors (Lipinski definition) is 1. The van der Waals surface area contributed by atoms with Gasteiger partial charge in [-0.25, -0.2) is 8.42 Å². The first-order chi connectivity index (χ1) is 9.78. The summed E-state index contributed by atoms with van der Waals surface area (Å²) < 4.78 is 26.6. The van der Waals surface area contributed by atoms with Gasteiger partial charge in [0.15, 0.2) is 0 Å². The van der Waals surface area contributed by atoms with Crippen molar-refractivity contribution in [3.8, 4) is 6.07 Å². The first kappa shape index (κ1) is 16.3. The maximum Gasteiger partial charge on any atom is 0.322 e. The van der Waals surface area contributed by atoms with Crippen molar-refractivity contribution in [3.63, 3.8) is 0 Å². The predicted molar refractivity (Wildman–Crippen MR) is 80.6 cm³/mol. The molecular formula is C12H14N2O4S3. The molecule has 21 heavy (non-hydrogen) atoms. The summed E-state index contributed by atoms with van der Waals surface area (Å²) in [4.78, 5) is 11.6. The zero-order valence-corrected chi connectivity index (χ0v) is 13.8. The second-order valence-corrected chi connectivity index (χ2v) is 9.19. The van der Waals surface area contributed by atoms with Gasteiger partial charge in [0.2, 0.25) is 0 Å². The lowest BCUT2D eigenvalue weighted by molar-refractivity contribution is -0.140. The summed E-state index contributed by atoms with van der Waals surface area (Å²) in [5.41, 5.74) is 0. The molecule has 0 amide bonds. The van der Waals surface area contributed by atoms with E-state index in [0.29, 0.717) is 0 Å². The van der Waals surface area contributed by atoms with Crippen LogP contribution in [0, 0.1) is 17.2 Å². The summed E-state index contributed by atoms with van der Waals surface area (Å²) >= 11 is 2.20. The smallest absolute Gasteiger partial charge is 0.322 e. The lowest BCUT2D eigenvalue weighted by atomic mass is 10.2. The number of rotatable bonds is 4. The van der Waals surface area contributed by atoms with Crippen molar-refractivity contribution in [3.05, 3.63) is 17.0 Å². The van der Waals surface area contributed by atoms with Crippen LogP contribution in [-0.2, 0) is 14.8 Å². The van der Waals surface area contributed by atoms with Crippen LogP contribution in [0.25, 0.3) is 0 Å². The minimum Gasteiger partial charge on any atom is -0.480 e. The lowest BCUT2D eigenvalue weighted by Gasteiger charge is -2.28. The molecule has 1 N–H and O–H groups in total. The van der Waals surface area contributed by atoms with Gasteiger partial charge in [-0.1, -0.05) is 13.8 Å². The number of thioether (sulfide) groups is 1. The molecule has 0 aromatic carbocycles. The van der Waals surface area contributed by atoms with Gasteiger partial charge in [-0.3, -0.25) is 4.79 Å². The number of thiophene rings is 1. The van der Waals surface area contributed by atoms with Crippen molar-refractivity contribution in [2.75, 3.05) is 5.75 Å². The van der Waals surface area contributed by atoms with Crippen molar-refractivity contribution in [1.82, 2.24) is 4.31 Å². The standard InChI is InChI=1S/C12H14N2O4S3/c1-7(2)11-14(9(6-19-11)12(15)16)21(17,18)10-4-3-8(5-13)20-10/h3-4,7,9,11H,6H2,1-2H3,(H,15,16). The monoisotopic (exact) mass is 346 g/mol. The number of carboxylic acid groups (broad SMARTS) is 1. The number of sulfonamides is 1. The number of carboxylic acids is 1. The number of aliphatic carboxylic acids is 1. The van der Waals surface area contributed by atoms with Gasteiger partial charge in [-0.2, -0.15) is 9.57 Å². The molecule has 1 fully saturated rings. The average molecular weight is 346 g/mol. The van der Waals surface area contributed by atoms with Crippen LogP contribution in [0.3, 0.4) is 0 Å². The second kappa shape index (κ2) is 5.96. The summed E-state index contributed by atoms with van der Waals surface area (Å²) in [6, 6.07) is 3.61. The van der Waals surface area contributed by atoms with Crippen LogP contribution in [0.4, 0.5) is 0 Å². The number of carbonyl (C=O) groups is 1. The molecule has 2 atom stereocenters. The average Bonchev–Trinajstić information content (AvgIpc) is 3.05. The quantitative estimate of drug-likeness (QED) is 0.892. The van der Waals surface area contributed by atoms with Crippen molar-refractivity contribution in [2.24, 2.45) is 5.92 Å². The van der Waals surface area contributed by atoms with E-state index in [1.165, 1.54) is 23.9 Å². The Labute approximate surface area is 131 Å². The van der Waals surface area contributed by atoms with Gasteiger partial charge in [-0.05, 0) is 18.1 Å². The van der Waals surface area contributed by atoms with Gasteiger partial charge < -0.3 is 5.11 Å². The molecule has 2 rings (SSSR count). The largest absolute Gasteiger partial charge is 0.480 e. The lowest BCUT2D eigenvalue weighted by Crippen LogP contribution is -2.46. The molecule has 1 aliphatic rings. The Bertz CT molecular complexity index is 690. The third-order valence-electron chi connectivity index (χ3n) is 3.06. The zero-order valence-electron chi connectivity index (χ0n) is 11.4. The molecule has 1 saturated heterocycles. The van der Waals surface area contributed by atoms with E-state index in [0.717, 1.165) is 15.6 Å². The fraction of sp³-hybridized carbons (Fsp3) is 0.500. The topological polar surface area (TPSA) is 98.5 Å². The Morgan fingerprint density at radius 1 is 1.52 bits per heavy atom. The highest BCUT2D eigenvalue weighted by Crippen LogP contribution is 2.39. The third kappa shape index (κ3) is 2.94. The van der Waals surface area contributed by atoms with Crippen LogP contribution in [0.1, 0.15) is 18.7 Å². The molecule has 1 aromatic rings. The molecule has 0 aliphatic carbocycles. The Hall–Kier alpha value is -1.08. The van der Waals surface area contributed by atoms with E-state index < -0.39 is 27.4 Å². The minimum absolute atomic E-state index is 0.00970. The number of nitriles is 1. The van der Waals surface area contributed by atoms with E-state index in [1.54, 1.807) is 0 Å². The molecule has 0 spiro atoms. The second-order valence-electron chi connectivity index (χ2n) is 4.89.